The SMILES string of the molecule is CCNC(=NCC(C)(C)N1CCOCC1)NCC(O)c1ccc(OC(C)C)cc1. The number of benzene rings is 1. The maximum Gasteiger partial charge on any atom is 0.191 e. The van der Waals surface area contributed by atoms with Gasteiger partial charge < -0.3 is 25.2 Å². The zero-order chi connectivity index (χ0) is 21.3. The van der Waals surface area contributed by atoms with Crippen molar-refractivity contribution in [3.63, 3.8) is 0 Å². The second-order valence-electron chi connectivity index (χ2n) is 8.24. The van der Waals surface area contributed by atoms with Gasteiger partial charge in [-0.25, -0.2) is 0 Å². The Balaban J connectivity index is 1.91. The molecule has 0 aromatic heterocycles. The predicted octanol–water partition coefficient (Wildman–Crippen LogP) is 2.17. The molecule has 1 fully saturated rings. The fourth-order valence-electron chi connectivity index (χ4n) is 3.23. The van der Waals surface area contributed by atoms with Crippen LogP contribution in [-0.4, -0.2) is 73.5 Å². The molecule has 29 heavy (non-hydrogen) atoms. The van der Waals surface area contributed by atoms with Crippen LogP contribution in [0.1, 0.15) is 46.3 Å². The van der Waals surface area contributed by atoms with Crippen molar-refractivity contribution in [2.75, 3.05) is 45.9 Å². The molecule has 1 heterocycles. The predicted molar refractivity (Wildman–Crippen MR) is 118 cm³/mol. The van der Waals surface area contributed by atoms with Crippen LogP contribution in [0.5, 0.6) is 5.75 Å². The van der Waals surface area contributed by atoms with E-state index in [1.807, 2.05) is 45.0 Å². The Morgan fingerprint density at radius 2 is 1.86 bits per heavy atom. The molecule has 1 aliphatic heterocycles. The van der Waals surface area contributed by atoms with E-state index >= 15 is 0 Å². The average molecular weight is 407 g/mol. The van der Waals surface area contributed by atoms with E-state index in [0.717, 1.165) is 44.2 Å². The summed E-state index contributed by atoms with van der Waals surface area (Å²) in [6, 6.07) is 7.58. The van der Waals surface area contributed by atoms with Gasteiger partial charge in [0.15, 0.2) is 5.96 Å². The second kappa shape index (κ2) is 11.4. The molecule has 0 spiro atoms. The summed E-state index contributed by atoms with van der Waals surface area (Å²) in [4.78, 5) is 7.17. The van der Waals surface area contributed by atoms with E-state index in [2.05, 4.69) is 29.4 Å². The topological polar surface area (TPSA) is 78.4 Å². The third-order valence-electron chi connectivity index (χ3n) is 4.93. The van der Waals surface area contributed by atoms with E-state index < -0.39 is 6.10 Å². The zero-order valence-electron chi connectivity index (χ0n) is 18.6. The molecule has 1 unspecified atom stereocenters. The third kappa shape index (κ3) is 7.84. The molecule has 2 rings (SSSR count). The molecule has 3 N–H and O–H groups in total. The van der Waals surface area contributed by atoms with Gasteiger partial charge in [0.2, 0.25) is 0 Å². The van der Waals surface area contributed by atoms with Crippen molar-refractivity contribution in [3.05, 3.63) is 29.8 Å². The number of ether oxygens (including phenoxy) is 2. The lowest BCUT2D eigenvalue weighted by Crippen LogP contribution is -2.52. The normalized spacial score (nSPS) is 17.3. The molecule has 0 radical (unpaired) electrons. The van der Waals surface area contributed by atoms with Crippen LogP contribution in [0.4, 0.5) is 0 Å². The number of hydrogen-bond donors (Lipinski definition) is 3. The first kappa shape index (κ1) is 23.4. The van der Waals surface area contributed by atoms with Crippen LogP contribution >= 0.6 is 0 Å². The number of nitrogens with one attached hydrogen (secondary N) is 2. The molecular weight excluding hydrogens is 368 g/mol. The maximum absolute atomic E-state index is 10.5. The highest BCUT2D eigenvalue weighted by Crippen LogP contribution is 2.19. The lowest BCUT2D eigenvalue weighted by Gasteiger charge is -2.39. The number of aliphatic hydroxyl groups is 1. The summed E-state index contributed by atoms with van der Waals surface area (Å²) in [5, 5.41) is 17.1. The summed E-state index contributed by atoms with van der Waals surface area (Å²) in [6.07, 6.45) is -0.493. The molecular formula is C22H38N4O3. The number of hydrogen-bond acceptors (Lipinski definition) is 5. The highest BCUT2D eigenvalue weighted by Gasteiger charge is 2.28. The van der Waals surface area contributed by atoms with Gasteiger partial charge in [-0.2, -0.15) is 0 Å². The second-order valence-corrected chi connectivity index (χ2v) is 8.24. The highest BCUT2D eigenvalue weighted by molar-refractivity contribution is 5.79. The fourth-order valence-corrected chi connectivity index (χ4v) is 3.23. The van der Waals surface area contributed by atoms with Crippen LogP contribution in [0, 0.1) is 0 Å². The van der Waals surface area contributed by atoms with Gasteiger partial charge in [0.1, 0.15) is 5.75 Å². The minimum absolute atomic E-state index is 0.0446. The first-order valence-corrected chi connectivity index (χ1v) is 10.6. The molecule has 7 nitrogen and oxygen atoms in total. The number of nitrogens with zero attached hydrogens (tertiary/aromatic N) is 2. The summed E-state index contributed by atoms with van der Waals surface area (Å²) in [5.41, 5.74) is 0.801. The van der Waals surface area contributed by atoms with Crippen LogP contribution in [0.3, 0.4) is 0 Å². The van der Waals surface area contributed by atoms with Crippen molar-refractivity contribution in [3.8, 4) is 5.75 Å². The molecule has 164 valence electrons. The van der Waals surface area contributed by atoms with Gasteiger partial charge in [0.25, 0.3) is 0 Å². The van der Waals surface area contributed by atoms with Crippen molar-refractivity contribution >= 4 is 5.96 Å². The average Bonchev–Trinajstić information content (AvgIpc) is 2.70. The summed E-state index contributed by atoms with van der Waals surface area (Å²) in [6.45, 7) is 15.7. The Morgan fingerprint density at radius 3 is 2.45 bits per heavy atom. The van der Waals surface area contributed by atoms with Gasteiger partial charge in [0, 0.05) is 31.7 Å². The molecule has 0 aliphatic carbocycles. The van der Waals surface area contributed by atoms with Gasteiger partial charge >= 0.3 is 0 Å². The van der Waals surface area contributed by atoms with Crippen LogP contribution in [0.25, 0.3) is 0 Å². The van der Waals surface area contributed by atoms with Gasteiger partial charge in [-0.15, -0.1) is 0 Å². The molecule has 0 bridgehead atoms. The molecule has 7 heteroatoms. The molecule has 0 saturated carbocycles. The summed E-state index contributed by atoms with van der Waals surface area (Å²) in [7, 11) is 0. The van der Waals surface area contributed by atoms with Crippen molar-refractivity contribution in [1.29, 1.82) is 0 Å². The van der Waals surface area contributed by atoms with E-state index in [9.17, 15) is 5.11 Å². The number of guanidine groups is 1. The lowest BCUT2D eigenvalue weighted by atomic mass is 10.0. The smallest absolute Gasteiger partial charge is 0.191 e. The number of aliphatic hydroxyl groups excluding tert-OH is 1. The van der Waals surface area contributed by atoms with Crippen molar-refractivity contribution < 1.29 is 14.6 Å². The minimum Gasteiger partial charge on any atom is -0.491 e. The Bertz CT molecular complexity index is 625. The first-order chi connectivity index (χ1) is 13.8. The van der Waals surface area contributed by atoms with E-state index in [1.54, 1.807) is 0 Å². The van der Waals surface area contributed by atoms with E-state index in [1.165, 1.54) is 0 Å². The molecule has 1 aromatic rings. The number of morpholine rings is 1. The Hall–Kier alpha value is -1.83. The minimum atomic E-state index is -0.626. The van der Waals surface area contributed by atoms with Crippen LogP contribution in [-0.2, 0) is 4.74 Å². The van der Waals surface area contributed by atoms with Crippen molar-refractivity contribution in [2.45, 2.75) is 52.4 Å². The number of aliphatic imine (C=N–C) groups is 1. The quantitative estimate of drug-likeness (QED) is 0.431. The summed E-state index contributed by atoms with van der Waals surface area (Å²) >= 11 is 0. The van der Waals surface area contributed by atoms with Crippen molar-refractivity contribution in [1.82, 2.24) is 15.5 Å². The maximum atomic E-state index is 10.5. The standard InChI is InChI=1S/C22H38N4O3/c1-6-23-21(25-16-22(4,5)26-11-13-28-14-12-26)24-15-20(27)18-7-9-19(10-8-18)29-17(2)3/h7-10,17,20,27H,6,11-16H2,1-5H3,(H2,23,24,25). The molecule has 1 atom stereocenters. The lowest BCUT2D eigenvalue weighted by molar-refractivity contribution is -0.00684. The van der Waals surface area contributed by atoms with Crippen molar-refractivity contribution in [2.24, 2.45) is 4.99 Å². The van der Waals surface area contributed by atoms with Crippen LogP contribution < -0.4 is 15.4 Å². The summed E-state index contributed by atoms with van der Waals surface area (Å²) in [5.74, 6) is 1.52. The van der Waals surface area contributed by atoms with Crippen LogP contribution in [0.2, 0.25) is 0 Å². The monoisotopic (exact) mass is 406 g/mol. The molecule has 1 aromatic carbocycles. The third-order valence-corrected chi connectivity index (χ3v) is 4.93. The Kier molecular flexibility index (Phi) is 9.20. The van der Waals surface area contributed by atoms with E-state index in [-0.39, 0.29) is 11.6 Å². The van der Waals surface area contributed by atoms with Gasteiger partial charge in [-0.3, -0.25) is 9.89 Å². The zero-order valence-corrected chi connectivity index (χ0v) is 18.6. The fraction of sp³-hybridized carbons (Fsp3) is 0.682. The van der Waals surface area contributed by atoms with Gasteiger partial charge in [0.05, 0.1) is 32.0 Å². The molecule has 0 amide bonds. The van der Waals surface area contributed by atoms with Gasteiger partial charge in [-0.05, 0) is 52.3 Å². The Morgan fingerprint density at radius 1 is 1.21 bits per heavy atom. The molecule has 1 aliphatic rings. The van der Waals surface area contributed by atoms with E-state index in [0.29, 0.717) is 19.0 Å². The summed E-state index contributed by atoms with van der Waals surface area (Å²) < 4.78 is 11.1. The highest BCUT2D eigenvalue weighted by atomic mass is 16.5. The number of rotatable bonds is 9. The Labute approximate surface area is 175 Å². The first-order valence-electron chi connectivity index (χ1n) is 10.6. The van der Waals surface area contributed by atoms with Crippen LogP contribution in [0.15, 0.2) is 29.3 Å². The van der Waals surface area contributed by atoms with Gasteiger partial charge in [-0.1, -0.05) is 12.1 Å². The van der Waals surface area contributed by atoms with E-state index in [4.69, 9.17) is 14.5 Å². The largest absolute Gasteiger partial charge is 0.491 e. The molecule has 1 saturated heterocycles.